The number of carbonyl (C=O) groups excluding carboxylic acids is 1. The van der Waals surface area contributed by atoms with Crippen LogP contribution < -0.4 is 11.1 Å². The van der Waals surface area contributed by atoms with Crippen LogP contribution in [0.4, 0.5) is 20.2 Å². The lowest BCUT2D eigenvalue weighted by molar-refractivity contribution is -0.384. The molecule has 3 N–H and O–H groups in total. The number of halogens is 2. The van der Waals surface area contributed by atoms with Crippen LogP contribution >= 0.6 is 0 Å². The summed E-state index contributed by atoms with van der Waals surface area (Å²) in [6.45, 7) is 0. The largest absolute Gasteiger partial charge is 0.325 e. The van der Waals surface area contributed by atoms with Gasteiger partial charge in [-0.15, -0.1) is 0 Å². The van der Waals surface area contributed by atoms with Crippen molar-refractivity contribution in [2.75, 3.05) is 5.32 Å². The van der Waals surface area contributed by atoms with E-state index in [2.05, 4.69) is 5.32 Å². The van der Waals surface area contributed by atoms with E-state index in [1.165, 1.54) is 0 Å². The molecule has 21 heavy (non-hydrogen) atoms. The molecule has 0 heterocycles. The lowest BCUT2D eigenvalue weighted by Gasteiger charge is -2.22. The third kappa shape index (κ3) is 3.52. The Balaban J connectivity index is 2.19. The average molecular weight is 299 g/mol. The van der Waals surface area contributed by atoms with E-state index in [0.29, 0.717) is 25.0 Å². The summed E-state index contributed by atoms with van der Waals surface area (Å²) in [5, 5.41) is 12.9. The Labute approximate surface area is 119 Å². The lowest BCUT2D eigenvalue weighted by atomic mass is 9.94. The second-order valence-electron chi connectivity index (χ2n) is 5.33. The minimum atomic E-state index is -1.19. The maximum Gasteiger partial charge on any atom is 0.298 e. The molecule has 1 aliphatic carbocycles. The second kappa shape index (κ2) is 5.72. The fourth-order valence-corrected chi connectivity index (χ4v) is 2.59. The molecule has 0 atom stereocenters. The van der Waals surface area contributed by atoms with E-state index in [0.717, 1.165) is 12.8 Å². The van der Waals surface area contributed by atoms with E-state index in [4.69, 9.17) is 5.73 Å². The summed E-state index contributed by atoms with van der Waals surface area (Å²) < 4.78 is 26.7. The molecule has 1 fully saturated rings. The first-order valence-electron chi connectivity index (χ1n) is 6.53. The topological polar surface area (TPSA) is 98.3 Å². The van der Waals surface area contributed by atoms with Gasteiger partial charge in [0, 0.05) is 18.0 Å². The van der Waals surface area contributed by atoms with Crippen molar-refractivity contribution in [2.24, 2.45) is 5.73 Å². The van der Waals surface area contributed by atoms with E-state index in [9.17, 15) is 23.7 Å². The zero-order valence-electron chi connectivity index (χ0n) is 11.2. The third-order valence-corrected chi connectivity index (χ3v) is 3.61. The van der Waals surface area contributed by atoms with Gasteiger partial charge < -0.3 is 11.1 Å². The number of anilines is 1. The van der Waals surface area contributed by atoms with Crippen LogP contribution in [-0.2, 0) is 4.79 Å². The predicted molar refractivity (Wildman–Crippen MR) is 71.6 cm³/mol. The van der Waals surface area contributed by atoms with Gasteiger partial charge in [-0.3, -0.25) is 14.9 Å². The first-order chi connectivity index (χ1) is 9.81. The van der Waals surface area contributed by atoms with Crippen LogP contribution in [0.5, 0.6) is 0 Å². The summed E-state index contributed by atoms with van der Waals surface area (Å²) in [5.74, 6) is -2.89. The highest BCUT2D eigenvalue weighted by Gasteiger charge is 2.32. The molecule has 114 valence electrons. The molecule has 0 saturated heterocycles. The molecule has 6 nitrogen and oxygen atoms in total. The van der Waals surface area contributed by atoms with Gasteiger partial charge in [0.15, 0.2) is 11.5 Å². The van der Waals surface area contributed by atoms with Crippen LogP contribution in [0.2, 0.25) is 0 Å². The summed E-state index contributed by atoms with van der Waals surface area (Å²) in [7, 11) is 0. The predicted octanol–water partition coefficient (Wildman–Crippen LogP) is 2.47. The van der Waals surface area contributed by atoms with Crippen LogP contribution in [0.15, 0.2) is 12.1 Å². The summed E-state index contributed by atoms with van der Waals surface area (Å²) in [4.78, 5) is 21.8. The number of amides is 1. The Morgan fingerprint density at radius 1 is 1.38 bits per heavy atom. The summed E-state index contributed by atoms with van der Waals surface area (Å²) >= 11 is 0. The molecule has 8 heteroatoms. The highest BCUT2D eigenvalue weighted by molar-refractivity contribution is 5.94. The molecule has 1 amide bonds. The van der Waals surface area contributed by atoms with E-state index in [1.807, 2.05) is 0 Å². The minimum absolute atomic E-state index is 0.0546. The van der Waals surface area contributed by atoms with Crippen molar-refractivity contribution in [1.29, 1.82) is 0 Å². The van der Waals surface area contributed by atoms with Crippen molar-refractivity contribution >= 4 is 17.3 Å². The van der Waals surface area contributed by atoms with Crippen molar-refractivity contribution < 1.29 is 18.5 Å². The first kappa shape index (κ1) is 15.3. The average Bonchev–Trinajstić information content (AvgIpc) is 2.78. The van der Waals surface area contributed by atoms with Gasteiger partial charge in [0.25, 0.3) is 5.69 Å². The first-order valence-corrected chi connectivity index (χ1v) is 6.53. The number of carbonyl (C=O) groups is 1. The van der Waals surface area contributed by atoms with Crippen LogP contribution in [0, 0.1) is 21.7 Å². The summed E-state index contributed by atoms with van der Waals surface area (Å²) in [6, 6.07) is 1.04. The Hall–Kier alpha value is -2.09. The molecule has 1 aliphatic rings. The van der Waals surface area contributed by atoms with Gasteiger partial charge in [-0.2, -0.15) is 0 Å². The maximum absolute atomic E-state index is 13.7. The standard InChI is InChI=1S/C13H15F2N3O3/c14-8-5-9(15)12(10(6-8)18(20)21)17-11(19)7-13(16)3-1-2-4-13/h5-6H,1-4,7,16H2,(H,17,19). The maximum atomic E-state index is 13.7. The van der Waals surface area contributed by atoms with E-state index in [-0.39, 0.29) is 6.42 Å². The van der Waals surface area contributed by atoms with Gasteiger partial charge in [0.1, 0.15) is 5.82 Å². The number of hydrogen-bond acceptors (Lipinski definition) is 4. The molecular formula is C13H15F2N3O3. The number of nitrogens with two attached hydrogens (primary N) is 1. The van der Waals surface area contributed by atoms with Gasteiger partial charge in [-0.25, -0.2) is 8.78 Å². The van der Waals surface area contributed by atoms with Gasteiger partial charge in [0.2, 0.25) is 5.91 Å². The number of nitrogens with zero attached hydrogens (tertiary/aromatic N) is 1. The van der Waals surface area contributed by atoms with Crippen molar-refractivity contribution in [3.8, 4) is 0 Å². The number of nitro groups is 1. The van der Waals surface area contributed by atoms with Crippen molar-refractivity contribution in [3.63, 3.8) is 0 Å². The van der Waals surface area contributed by atoms with Gasteiger partial charge in [-0.1, -0.05) is 12.8 Å². The van der Waals surface area contributed by atoms with Crippen molar-refractivity contribution in [1.82, 2.24) is 0 Å². The summed E-state index contributed by atoms with van der Waals surface area (Å²) in [6.07, 6.45) is 3.12. The molecule has 0 radical (unpaired) electrons. The van der Waals surface area contributed by atoms with Crippen LogP contribution in [0.1, 0.15) is 32.1 Å². The van der Waals surface area contributed by atoms with Crippen LogP contribution in [0.25, 0.3) is 0 Å². The molecule has 0 aliphatic heterocycles. The molecule has 1 aromatic carbocycles. The smallest absolute Gasteiger partial charge is 0.298 e. The minimum Gasteiger partial charge on any atom is -0.325 e. The van der Waals surface area contributed by atoms with Gasteiger partial charge in [-0.05, 0) is 12.8 Å². The molecule has 0 unspecified atom stereocenters. The lowest BCUT2D eigenvalue weighted by Crippen LogP contribution is -2.40. The van der Waals surface area contributed by atoms with Crippen molar-refractivity contribution in [3.05, 3.63) is 33.9 Å². The fraction of sp³-hybridized carbons (Fsp3) is 0.462. The molecular weight excluding hydrogens is 284 g/mol. The Kier molecular flexibility index (Phi) is 4.17. The second-order valence-corrected chi connectivity index (χ2v) is 5.33. The molecule has 0 bridgehead atoms. The SMILES string of the molecule is NC1(CC(=O)Nc2c(F)cc(F)cc2[N+](=O)[O-])CCCC1. The summed E-state index contributed by atoms with van der Waals surface area (Å²) in [5.41, 5.74) is 3.92. The molecule has 2 rings (SSSR count). The third-order valence-electron chi connectivity index (χ3n) is 3.61. The van der Waals surface area contributed by atoms with Crippen LogP contribution in [0.3, 0.4) is 0 Å². The number of benzene rings is 1. The van der Waals surface area contributed by atoms with Crippen molar-refractivity contribution in [2.45, 2.75) is 37.6 Å². The van der Waals surface area contributed by atoms with Gasteiger partial charge >= 0.3 is 0 Å². The Bertz CT molecular complexity index is 586. The number of hydrogen-bond donors (Lipinski definition) is 2. The number of nitro benzene ring substituents is 1. The molecule has 1 aromatic rings. The van der Waals surface area contributed by atoms with E-state index < -0.39 is 39.4 Å². The zero-order valence-corrected chi connectivity index (χ0v) is 11.2. The normalized spacial score (nSPS) is 16.7. The number of rotatable bonds is 4. The molecule has 0 spiro atoms. The van der Waals surface area contributed by atoms with E-state index in [1.54, 1.807) is 0 Å². The highest BCUT2D eigenvalue weighted by Crippen LogP contribution is 2.32. The zero-order chi connectivity index (χ0) is 15.6. The Morgan fingerprint density at radius 2 is 2.00 bits per heavy atom. The quantitative estimate of drug-likeness (QED) is 0.659. The monoisotopic (exact) mass is 299 g/mol. The highest BCUT2D eigenvalue weighted by atomic mass is 19.1. The molecule has 0 aromatic heterocycles. The van der Waals surface area contributed by atoms with Gasteiger partial charge in [0.05, 0.1) is 11.0 Å². The Morgan fingerprint density at radius 3 is 2.57 bits per heavy atom. The fourth-order valence-electron chi connectivity index (χ4n) is 2.59. The molecule has 1 saturated carbocycles. The van der Waals surface area contributed by atoms with Crippen LogP contribution in [-0.4, -0.2) is 16.4 Å². The number of nitrogens with one attached hydrogen (secondary N) is 1. The van der Waals surface area contributed by atoms with E-state index >= 15 is 0 Å².